The van der Waals surface area contributed by atoms with Crippen molar-refractivity contribution in [3.8, 4) is 0 Å². The summed E-state index contributed by atoms with van der Waals surface area (Å²) in [5, 5.41) is 16.8. The smallest absolute Gasteiger partial charge is 0.310 e. The maximum absolute atomic E-state index is 10.9. The zero-order chi connectivity index (χ0) is 10.4. The van der Waals surface area contributed by atoms with Crippen molar-refractivity contribution in [3.63, 3.8) is 0 Å². The molecule has 5 heteroatoms. The van der Waals surface area contributed by atoms with Crippen molar-refractivity contribution in [3.05, 3.63) is 0 Å². The molecule has 0 aromatic heterocycles. The van der Waals surface area contributed by atoms with E-state index in [0.717, 1.165) is 0 Å². The second kappa shape index (κ2) is 5.29. The summed E-state index contributed by atoms with van der Waals surface area (Å²) >= 11 is 0. The normalized spacial score (nSPS) is 12.1. The number of rotatable bonds is 6. The summed E-state index contributed by atoms with van der Waals surface area (Å²) in [7, 11) is 0. The van der Waals surface area contributed by atoms with Crippen LogP contribution < -0.4 is 0 Å². The molecule has 0 bridgehead atoms. The van der Waals surface area contributed by atoms with E-state index in [-0.39, 0.29) is 6.42 Å². The van der Waals surface area contributed by atoms with Gasteiger partial charge in [0.25, 0.3) is 0 Å². The van der Waals surface area contributed by atoms with E-state index in [9.17, 15) is 14.4 Å². The van der Waals surface area contributed by atoms with E-state index < -0.39 is 30.1 Å². The van der Waals surface area contributed by atoms with Gasteiger partial charge in [-0.3, -0.25) is 14.4 Å². The van der Waals surface area contributed by atoms with E-state index in [1.807, 2.05) is 0 Å². The Morgan fingerprint density at radius 1 is 1.23 bits per heavy atom. The van der Waals surface area contributed by atoms with E-state index in [0.29, 0.717) is 6.42 Å². The van der Waals surface area contributed by atoms with Crippen LogP contribution in [0.5, 0.6) is 0 Å². The first kappa shape index (κ1) is 11.6. The van der Waals surface area contributed by atoms with Crippen LogP contribution in [0.1, 0.15) is 26.2 Å². The summed E-state index contributed by atoms with van der Waals surface area (Å²) in [6.07, 6.45) is -0.456. The second-order valence-corrected chi connectivity index (χ2v) is 2.76. The molecule has 0 amide bonds. The zero-order valence-electron chi connectivity index (χ0n) is 7.32. The highest BCUT2D eigenvalue weighted by atomic mass is 16.4. The molecule has 0 fully saturated rings. The van der Waals surface area contributed by atoms with Crippen LogP contribution in [0.4, 0.5) is 0 Å². The van der Waals surface area contributed by atoms with Gasteiger partial charge in [-0.05, 0) is 6.42 Å². The number of Topliss-reactive ketones (excluding diaryl/α,β-unsaturated/α-hetero) is 1. The molecule has 1 atom stereocenters. The second-order valence-electron chi connectivity index (χ2n) is 2.76. The lowest BCUT2D eigenvalue weighted by atomic mass is 9.99. The molecule has 2 N–H and O–H groups in total. The standard InChI is InChI=1S/C8H12O5/c1-2-5(8(12)13)3-6(9)4-7(10)11/h5H,2-4H2,1H3,(H,10,11)(H,12,13). The van der Waals surface area contributed by atoms with Crippen molar-refractivity contribution in [1.29, 1.82) is 0 Å². The topological polar surface area (TPSA) is 91.7 Å². The highest BCUT2D eigenvalue weighted by molar-refractivity contribution is 5.96. The van der Waals surface area contributed by atoms with Gasteiger partial charge in [-0.2, -0.15) is 0 Å². The predicted molar refractivity (Wildman–Crippen MR) is 43.3 cm³/mol. The highest BCUT2D eigenvalue weighted by Gasteiger charge is 2.20. The lowest BCUT2D eigenvalue weighted by molar-refractivity contribution is -0.146. The molecule has 1 unspecified atom stereocenters. The molecule has 0 saturated carbocycles. The minimum Gasteiger partial charge on any atom is -0.481 e. The summed E-state index contributed by atoms with van der Waals surface area (Å²) in [6, 6.07) is 0. The van der Waals surface area contributed by atoms with Crippen molar-refractivity contribution in [2.24, 2.45) is 5.92 Å². The van der Waals surface area contributed by atoms with Crippen LogP contribution in [0.15, 0.2) is 0 Å². The average molecular weight is 188 g/mol. The molecule has 13 heavy (non-hydrogen) atoms. The SMILES string of the molecule is CCC(CC(=O)CC(=O)O)C(=O)O. The molecule has 0 aliphatic heterocycles. The highest BCUT2D eigenvalue weighted by Crippen LogP contribution is 2.09. The first-order valence-corrected chi connectivity index (χ1v) is 3.93. The van der Waals surface area contributed by atoms with Crippen molar-refractivity contribution in [2.75, 3.05) is 0 Å². The molecular formula is C8H12O5. The van der Waals surface area contributed by atoms with Gasteiger partial charge < -0.3 is 10.2 Å². The van der Waals surface area contributed by atoms with Gasteiger partial charge in [0.15, 0.2) is 0 Å². The molecule has 0 heterocycles. The number of ketones is 1. The zero-order valence-corrected chi connectivity index (χ0v) is 7.32. The summed E-state index contributed by atoms with van der Waals surface area (Å²) in [4.78, 5) is 31.4. The molecule has 74 valence electrons. The van der Waals surface area contributed by atoms with Crippen molar-refractivity contribution < 1.29 is 24.6 Å². The Balaban J connectivity index is 4.01. The fourth-order valence-electron chi connectivity index (χ4n) is 0.922. The molecule has 0 aliphatic carbocycles. The Kier molecular flexibility index (Phi) is 4.72. The van der Waals surface area contributed by atoms with Crippen molar-refractivity contribution >= 4 is 17.7 Å². The molecule has 5 nitrogen and oxygen atoms in total. The Morgan fingerprint density at radius 2 is 1.77 bits per heavy atom. The Morgan fingerprint density at radius 3 is 2.08 bits per heavy atom. The summed E-state index contributed by atoms with van der Waals surface area (Å²) in [6.45, 7) is 1.65. The van der Waals surface area contributed by atoms with Crippen molar-refractivity contribution in [1.82, 2.24) is 0 Å². The number of carbonyl (C=O) groups excluding carboxylic acids is 1. The first-order valence-electron chi connectivity index (χ1n) is 3.93. The molecule has 0 aromatic rings. The van der Waals surface area contributed by atoms with Gasteiger partial charge in [0.05, 0.1) is 5.92 Å². The molecule has 0 radical (unpaired) electrons. The number of carboxylic acids is 2. The number of carboxylic acid groups (broad SMARTS) is 2. The van der Waals surface area contributed by atoms with E-state index >= 15 is 0 Å². The van der Waals surface area contributed by atoms with Gasteiger partial charge in [-0.15, -0.1) is 0 Å². The number of hydrogen-bond acceptors (Lipinski definition) is 3. The monoisotopic (exact) mass is 188 g/mol. The minimum absolute atomic E-state index is 0.196. The van der Waals surface area contributed by atoms with Crippen molar-refractivity contribution in [2.45, 2.75) is 26.2 Å². The van der Waals surface area contributed by atoms with E-state index in [4.69, 9.17) is 10.2 Å². The van der Waals surface area contributed by atoms with E-state index in [2.05, 4.69) is 0 Å². The first-order chi connectivity index (χ1) is 5.97. The summed E-state index contributed by atoms with van der Waals surface area (Å²) in [5.74, 6) is -3.57. The molecule has 0 rings (SSSR count). The van der Waals surface area contributed by atoms with Gasteiger partial charge in [0.2, 0.25) is 0 Å². The van der Waals surface area contributed by atoms with Gasteiger partial charge in [0, 0.05) is 6.42 Å². The van der Waals surface area contributed by atoms with Gasteiger partial charge in [-0.25, -0.2) is 0 Å². The summed E-state index contributed by atoms with van der Waals surface area (Å²) < 4.78 is 0. The average Bonchev–Trinajstić information content (AvgIpc) is 1.98. The Bertz CT molecular complexity index is 221. The van der Waals surface area contributed by atoms with Crippen LogP contribution in [0.2, 0.25) is 0 Å². The van der Waals surface area contributed by atoms with Crippen LogP contribution in [-0.2, 0) is 14.4 Å². The lowest BCUT2D eigenvalue weighted by Crippen LogP contribution is -2.18. The molecule has 0 aliphatic rings. The third-order valence-electron chi connectivity index (χ3n) is 1.66. The fraction of sp³-hybridized carbons (Fsp3) is 0.625. The Hall–Kier alpha value is -1.39. The van der Waals surface area contributed by atoms with Crippen LogP contribution in [0.25, 0.3) is 0 Å². The van der Waals surface area contributed by atoms with Crippen LogP contribution in [-0.4, -0.2) is 27.9 Å². The quantitative estimate of drug-likeness (QED) is 0.593. The molecule has 0 aromatic carbocycles. The summed E-state index contributed by atoms with van der Waals surface area (Å²) in [5.41, 5.74) is 0. The minimum atomic E-state index is -1.22. The van der Waals surface area contributed by atoms with Gasteiger partial charge in [0.1, 0.15) is 12.2 Å². The molecule has 0 spiro atoms. The molecule has 0 saturated heterocycles. The lowest BCUT2D eigenvalue weighted by Gasteiger charge is -2.06. The third kappa shape index (κ3) is 4.95. The maximum atomic E-state index is 10.9. The number of hydrogen-bond donors (Lipinski definition) is 2. The molecular weight excluding hydrogens is 176 g/mol. The number of aliphatic carboxylic acids is 2. The van der Waals surface area contributed by atoms with E-state index in [1.165, 1.54) is 0 Å². The fourth-order valence-corrected chi connectivity index (χ4v) is 0.922. The van der Waals surface area contributed by atoms with Gasteiger partial charge >= 0.3 is 11.9 Å². The third-order valence-corrected chi connectivity index (χ3v) is 1.66. The van der Waals surface area contributed by atoms with Crippen LogP contribution in [0, 0.1) is 5.92 Å². The largest absolute Gasteiger partial charge is 0.481 e. The number of carbonyl (C=O) groups is 3. The predicted octanol–water partition coefficient (Wildman–Crippen LogP) is 0.531. The maximum Gasteiger partial charge on any atom is 0.310 e. The van der Waals surface area contributed by atoms with E-state index in [1.54, 1.807) is 6.92 Å². The van der Waals surface area contributed by atoms with Crippen LogP contribution in [0.3, 0.4) is 0 Å². The van der Waals surface area contributed by atoms with Crippen LogP contribution >= 0.6 is 0 Å². The van der Waals surface area contributed by atoms with Gasteiger partial charge in [-0.1, -0.05) is 6.92 Å². The Labute approximate surface area is 75.4 Å².